The molecule has 0 aromatic heterocycles. The average Bonchev–Trinajstić information content (AvgIpc) is 2.69. The Hall–Kier alpha value is -0.600. The van der Waals surface area contributed by atoms with Crippen molar-refractivity contribution >= 4 is 11.6 Å². The Morgan fingerprint density at radius 1 is 1.33 bits per heavy atom. The van der Waals surface area contributed by atoms with E-state index in [4.69, 9.17) is 17.3 Å². The van der Waals surface area contributed by atoms with Crippen LogP contribution in [0.3, 0.4) is 0 Å². The van der Waals surface area contributed by atoms with E-state index in [1.165, 1.54) is 25.0 Å². The van der Waals surface area contributed by atoms with Gasteiger partial charge < -0.3 is 5.73 Å². The summed E-state index contributed by atoms with van der Waals surface area (Å²) in [7, 11) is 0. The van der Waals surface area contributed by atoms with Gasteiger partial charge in [0.15, 0.2) is 0 Å². The summed E-state index contributed by atoms with van der Waals surface area (Å²) in [4.78, 5) is 0. The maximum Gasteiger partial charge on any atom is 0.124 e. The van der Waals surface area contributed by atoms with Crippen LogP contribution in [0.4, 0.5) is 4.39 Å². The third-order valence-corrected chi connectivity index (χ3v) is 3.56. The van der Waals surface area contributed by atoms with E-state index in [1.807, 2.05) is 0 Å². The number of hydrogen-bond donors (Lipinski definition) is 1. The fourth-order valence-corrected chi connectivity index (χ4v) is 2.64. The van der Waals surface area contributed by atoms with Crippen molar-refractivity contribution in [3.63, 3.8) is 0 Å². The highest BCUT2D eigenvalue weighted by molar-refractivity contribution is 6.31. The second kappa shape index (κ2) is 4.50. The van der Waals surface area contributed by atoms with Gasteiger partial charge in [-0.05, 0) is 36.5 Å². The van der Waals surface area contributed by atoms with Crippen molar-refractivity contribution in [2.45, 2.75) is 31.7 Å². The van der Waals surface area contributed by atoms with Gasteiger partial charge in [0, 0.05) is 11.1 Å². The molecule has 82 valence electrons. The molecule has 0 radical (unpaired) electrons. The van der Waals surface area contributed by atoms with Crippen molar-refractivity contribution in [1.82, 2.24) is 0 Å². The first kappa shape index (κ1) is 10.9. The molecule has 1 saturated carbocycles. The molecule has 1 nitrogen and oxygen atoms in total. The quantitative estimate of drug-likeness (QED) is 0.820. The van der Waals surface area contributed by atoms with Crippen LogP contribution in [0.2, 0.25) is 5.02 Å². The minimum Gasteiger partial charge on any atom is -0.324 e. The summed E-state index contributed by atoms with van der Waals surface area (Å²) in [5, 5.41) is 0.453. The highest BCUT2D eigenvalue weighted by Gasteiger charge is 2.24. The zero-order valence-corrected chi connectivity index (χ0v) is 9.30. The Morgan fingerprint density at radius 3 is 2.60 bits per heavy atom. The maximum absolute atomic E-state index is 12.9. The second-order valence-corrected chi connectivity index (χ2v) is 4.64. The summed E-state index contributed by atoms with van der Waals surface area (Å²) in [5.74, 6) is 0.204. The molecule has 0 aliphatic heterocycles. The normalized spacial score (nSPS) is 19.4. The number of benzene rings is 1. The fraction of sp³-hybridized carbons (Fsp3) is 0.500. The molecule has 1 aliphatic carbocycles. The van der Waals surface area contributed by atoms with Crippen LogP contribution >= 0.6 is 11.6 Å². The summed E-state index contributed by atoms with van der Waals surface area (Å²) in [5.41, 5.74) is 7.02. The van der Waals surface area contributed by atoms with E-state index in [1.54, 1.807) is 6.07 Å². The van der Waals surface area contributed by atoms with Crippen LogP contribution in [0.1, 0.15) is 37.3 Å². The topological polar surface area (TPSA) is 26.0 Å². The van der Waals surface area contributed by atoms with Crippen molar-refractivity contribution < 1.29 is 4.39 Å². The van der Waals surface area contributed by atoms with Crippen LogP contribution in [-0.4, -0.2) is 0 Å². The van der Waals surface area contributed by atoms with E-state index < -0.39 is 0 Å². The third kappa shape index (κ3) is 2.32. The van der Waals surface area contributed by atoms with Gasteiger partial charge in [0.1, 0.15) is 5.82 Å². The minimum absolute atomic E-state index is 0.0411. The molecule has 0 saturated heterocycles. The minimum atomic E-state index is -0.303. The molecule has 3 heteroatoms. The SMILES string of the molecule is N[C@H](c1ccc(F)cc1Cl)C1CCCC1. The van der Waals surface area contributed by atoms with E-state index in [2.05, 4.69) is 0 Å². The van der Waals surface area contributed by atoms with E-state index in [9.17, 15) is 4.39 Å². The van der Waals surface area contributed by atoms with Crippen molar-refractivity contribution in [2.24, 2.45) is 11.7 Å². The first-order chi connectivity index (χ1) is 7.18. The van der Waals surface area contributed by atoms with Crippen molar-refractivity contribution in [1.29, 1.82) is 0 Å². The fourth-order valence-electron chi connectivity index (χ4n) is 2.34. The molecule has 2 N–H and O–H groups in total. The molecule has 1 atom stereocenters. The van der Waals surface area contributed by atoms with E-state index in [0.29, 0.717) is 10.9 Å². The van der Waals surface area contributed by atoms with Gasteiger partial charge in [-0.15, -0.1) is 0 Å². The number of rotatable bonds is 2. The number of halogens is 2. The van der Waals surface area contributed by atoms with Crippen molar-refractivity contribution in [3.05, 3.63) is 34.6 Å². The number of hydrogen-bond acceptors (Lipinski definition) is 1. The van der Waals surface area contributed by atoms with Crippen LogP contribution in [0, 0.1) is 11.7 Å². The molecule has 2 rings (SSSR count). The van der Waals surface area contributed by atoms with Gasteiger partial charge >= 0.3 is 0 Å². The standard InChI is InChI=1S/C12H15ClFN/c13-11-7-9(14)5-6-10(11)12(15)8-3-1-2-4-8/h5-8,12H,1-4,15H2/t12-/m0/s1. The third-order valence-electron chi connectivity index (χ3n) is 3.23. The first-order valence-electron chi connectivity index (χ1n) is 5.39. The van der Waals surface area contributed by atoms with E-state index >= 15 is 0 Å². The highest BCUT2D eigenvalue weighted by atomic mass is 35.5. The van der Waals surface area contributed by atoms with Gasteiger partial charge in [0.25, 0.3) is 0 Å². The molecule has 0 amide bonds. The molecule has 0 unspecified atom stereocenters. The van der Waals surface area contributed by atoms with E-state index in [-0.39, 0.29) is 11.9 Å². The molecular formula is C12H15ClFN. The number of nitrogens with two attached hydrogens (primary N) is 1. The van der Waals surface area contributed by atoms with E-state index in [0.717, 1.165) is 18.4 Å². The summed E-state index contributed by atoms with van der Waals surface area (Å²) in [6.45, 7) is 0. The van der Waals surface area contributed by atoms with Crippen LogP contribution in [-0.2, 0) is 0 Å². The lowest BCUT2D eigenvalue weighted by atomic mass is 9.92. The molecule has 0 spiro atoms. The lowest BCUT2D eigenvalue weighted by Crippen LogP contribution is -2.19. The Bertz CT molecular complexity index is 347. The Balaban J connectivity index is 2.20. The van der Waals surface area contributed by atoms with Gasteiger partial charge in [-0.2, -0.15) is 0 Å². The predicted octanol–water partition coefficient (Wildman–Crippen LogP) is 3.67. The monoisotopic (exact) mass is 227 g/mol. The Morgan fingerprint density at radius 2 is 2.00 bits per heavy atom. The molecule has 0 heterocycles. The van der Waals surface area contributed by atoms with Gasteiger partial charge in [0.2, 0.25) is 0 Å². The molecule has 1 fully saturated rings. The van der Waals surface area contributed by atoms with Gasteiger partial charge in [0.05, 0.1) is 0 Å². The van der Waals surface area contributed by atoms with Crippen LogP contribution < -0.4 is 5.73 Å². The van der Waals surface area contributed by atoms with Gasteiger partial charge in [-0.3, -0.25) is 0 Å². The highest BCUT2D eigenvalue weighted by Crippen LogP contribution is 2.36. The average molecular weight is 228 g/mol. The second-order valence-electron chi connectivity index (χ2n) is 4.24. The lowest BCUT2D eigenvalue weighted by Gasteiger charge is -2.20. The zero-order chi connectivity index (χ0) is 10.8. The predicted molar refractivity (Wildman–Crippen MR) is 60.3 cm³/mol. The summed E-state index contributed by atoms with van der Waals surface area (Å²) in [6, 6.07) is 4.43. The molecule has 0 bridgehead atoms. The Kier molecular flexibility index (Phi) is 3.27. The summed E-state index contributed by atoms with van der Waals surface area (Å²) >= 11 is 5.98. The zero-order valence-electron chi connectivity index (χ0n) is 8.55. The molecule has 1 aromatic rings. The summed E-state index contributed by atoms with van der Waals surface area (Å²) < 4.78 is 12.9. The molecule has 15 heavy (non-hydrogen) atoms. The smallest absolute Gasteiger partial charge is 0.124 e. The summed E-state index contributed by atoms with van der Waals surface area (Å²) in [6.07, 6.45) is 4.82. The van der Waals surface area contributed by atoms with Crippen molar-refractivity contribution in [2.75, 3.05) is 0 Å². The van der Waals surface area contributed by atoms with Gasteiger partial charge in [-0.1, -0.05) is 30.5 Å². The largest absolute Gasteiger partial charge is 0.324 e. The molecule has 1 aromatic carbocycles. The van der Waals surface area contributed by atoms with Crippen LogP contribution in [0.15, 0.2) is 18.2 Å². The first-order valence-corrected chi connectivity index (χ1v) is 5.77. The lowest BCUT2D eigenvalue weighted by molar-refractivity contribution is 0.444. The van der Waals surface area contributed by atoms with Crippen LogP contribution in [0.25, 0.3) is 0 Å². The molecular weight excluding hydrogens is 213 g/mol. The van der Waals surface area contributed by atoms with Crippen molar-refractivity contribution in [3.8, 4) is 0 Å². The maximum atomic E-state index is 12.9. The van der Waals surface area contributed by atoms with Crippen LogP contribution in [0.5, 0.6) is 0 Å². The Labute approximate surface area is 94.4 Å². The molecule has 1 aliphatic rings. The van der Waals surface area contributed by atoms with Gasteiger partial charge in [-0.25, -0.2) is 4.39 Å².